The summed E-state index contributed by atoms with van der Waals surface area (Å²) in [5.74, 6) is 0.541. The van der Waals surface area contributed by atoms with Gasteiger partial charge in [0.1, 0.15) is 5.82 Å². The lowest BCUT2D eigenvalue weighted by Crippen LogP contribution is -1.96. The Morgan fingerprint density at radius 1 is 1.11 bits per heavy atom. The van der Waals surface area contributed by atoms with Crippen LogP contribution in [0.4, 0.5) is 4.39 Å². The van der Waals surface area contributed by atoms with Crippen molar-refractivity contribution in [3.05, 3.63) is 64.4 Å². The van der Waals surface area contributed by atoms with Crippen molar-refractivity contribution in [2.24, 2.45) is 5.73 Å². The largest absolute Gasteiger partial charge is 0.326 e. The van der Waals surface area contributed by atoms with Crippen LogP contribution in [0.2, 0.25) is 5.02 Å². The van der Waals surface area contributed by atoms with E-state index in [0.29, 0.717) is 6.54 Å². The van der Waals surface area contributed by atoms with E-state index in [2.05, 4.69) is 0 Å². The first kappa shape index (κ1) is 13.4. The van der Waals surface area contributed by atoms with Crippen molar-refractivity contribution in [1.82, 2.24) is 0 Å². The minimum atomic E-state index is -0.218. The third-order valence-electron chi connectivity index (χ3n) is 2.56. The van der Waals surface area contributed by atoms with E-state index in [1.54, 1.807) is 23.9 Å². The molecule has 2 rings (SSSR count). The maximum atomic E-state index is 12.8. The number of thioether (sulfide) groups is 1. The lowest BCUT2D eigenvalue weighted by molar-refractivity contribution is 0.626. The van der Waals surface area contributed by atoms with Crippen molar-refractivity contribution in [3.63, 3.8) is 0 Å². The van der Waals surface area contributed by atoms with Crippen LogP contribution in [0.15, 0.2) is 47.4 Å². The van der Waals surface area contributed by atoms with Crippen LogP contribution in [0, 0.1) is 5.82 Å². The zero-order valence-electron chi connectivity index (χ0n) is 9.70. The molecular weight excluding hydrogens is 269 g/mol. The smallest absolute Gasteiger partial charge is 0.123 e. The second-order valence-electron chi connectivity index (χ2n) is 3.87. The molecule has 0 amide bonds. The summed E-state index contributed by atoms with van der Waals surface area (Å²) < 4.78 is 12.8. The van der Waals surface area contributed by atoms with Crippen LogP contribution in [0.1, 0.15) is 11.1 Å². The van der Waals surface area contributed by atoms with Crippen molar-refractivity contribution in [2.75, 3.05) is 0 Å². The zero-order chi connectivity index (χ0) is 13.0. The Kier molecular flexibility index (Phi) is 4.64. The Morgan fingerprint density at radius 2 is 1.83 bits per heavy atom. The summed E-state index contributed by atoms with van der Waals surface area (Å²) >= 11 is 7.80. The monoisotopic (exact) mass is 281 g/mol. The molecule has 0 aliphatic carbocycles. The molecule has 2 aromatic carbocycles. The molecule has 0 aliphatic rings. The molecule has 0 unspecified atom stereocenters. The van der Waals surface area contributed by atoms with Gasteiger partial charge in [-0.2, -0.15) is 0 Å². The maximum Gasteiger partial charge on any atom is 0.123 e. The van der Waals surface area contributed by atoms with Gasteiger partial charge in [-0.15, -0.1) is 11.8 Å². The van der Waals surface area contributed by atoms with Gasteiger partial charge < -0.3 is 5.73 Å². The molecule has 0 aromatic heterocycles. The average molecular weight is 282 g/mol. The second kappa shape index (κ2) is 6.23. The Hall–Kier alpha value is -1.03. The fraction of sp³-hybridized carbons (Fsp3) is 0.143. The topological polar surface area (TPSA) is 26.0 Å². The molecule has 0 fully saturated rings. The highest BCUT2D eigenvalue weighted by Gasteiger charge is 2.03. The number of rotatable bonds is 4. The van der Waals surface area contributed by atoms with Crippen LogP contribution >= 0.6 is 23.4 Å². The van der Waals surface area contributed by atoms with Gasteiger partial charge in [0, 0.05) is 22.2 Å². The molecule has 0 atom stereocenters. The average Bonchev–Trinajstić information content (AvgIpc) is 2.39. The summed E-state index contributed by atoms with van der Waals surface area (Å²) in [5.41, 5.74) is 7.63. The van der Waals surface area contributed by atoms with Crippen LogP contribution in [-0.4, -0.2) is 0 Å². The van der Waals surface area contributed by atoms with Crippen molar-refractivity contribution in [3.8, 4) is 0 Å². The molecule has 0 spiro atoms. The SMILES string of the molecule is NCc1ccc(CSc2ccc(F)cc2)c(Cl)c1. The Balaban J connectivity index is 2.04. The Morgan fingerprint density at radius 3 is 2.44 bits per heavy atom. The van der Waals surface area contributed by atoms with Gasteiger partial charge in [-0.3, -0.25) is 0 Å². The van der Waals surface area contributed by atoms with E-state index in [1.807, 2.05) is 18.2 Å². The minimum absolute atomic E-state index is 0.218. The van der Waals surface area contributed by atoms with E-state index in [-0.39, 0.29) is 5.82 Å². The summed E-state index contributed by atoms with van der Waals surface area (Å²) in [7, 11) is 0. The van der Waals surface area contributed by atoms with Gasteiger partial charge >= 0.3 is 0 Å². The first-order valence-corrected chi connectivity index (χ1v) is 6.91. The van der Waals surface area contributed by atoms with Gasteiger partial charge in [-0.05, 0) is 41.5 Å². The van der Waals surface area contributed by atoms with E-state index in [0.717, 1.165) is 26.8 Å². The summed E-state index contributed by atoms with van der Waals surface area (Å²) in [6, 6.07) is 12.3. The van der Waals surface area contributed by atoms with Gasteiger partial charge in [0.05, 0.1) is 0 Å². The highest BCUT2D eigenvalue weighted by Crippen LogP contribution is 2.27. The predicted molar refractivity (Wildman–Crippen MR) is 75.3 cm³/mol. The lowest BCUT2D eigenvalue weighted by atomic mass is 10.1. The lowest BCUT2D eigenvalue weighted by Gasteiger charge is -2.06. The molecule has 0 saturated carbocycles. The van der Waals surface area contributed by atoms with E-state index in [9.17, 15) is 4.39 Å². The van der Waals surface area contributed by atoms with E-state index < -0.39 is 0 Å². The molecule has 4 heteroatoms. The Labute approximate surface area is 115 Å². The fourth-order valence-electron chi connectivity index (χ4n) is 1.53. The van der Waals surface area contributed by atoms with Gasteiger partial charge in [0.2, 0.25) is 0 Å². The summed E-state index contributed by atoms with van der Waals surface area (Å²) in [6.45, 7) is 0.491. The normalized spacial score (nSPS) is 10.6. The Bertz CT molecular complexity index is 528. The van der Waals surface area contributed by atoms with E-state index in [4.69, 9.17) is 17.3 Å². The van der Waals surface area contributed by atoms with Gasteiger partial charge in [-0.25, -0.2) is 4.39 Å². The van der Waals surface area contributed by atoms with Crippen LogP contribution < -0.4 is 5.73 Å². The quantitative estimate of drug-likeness (QED) is 0.849. The highest BCUT2D eigenvalue weighted by atomic mass is 35.5. The van der Waals surface area contributed by atoms with Crippen molar-refractivity contribution in [2.45, 2.75) is 17.2 Å². The number of hydrogen-bond donors (Lipinski definition) is 1. The van der Waals surface area contributed by atoms with Crippen molar-refractivity contribution < 1.29 is 4.39 Å². The van der Waals surface area contributed by atoms with E-state index in [1.165, 1.54) is 12.1 Å². The number of hydrogen-bond acceptors (Lipinski definition) is 2. The highest BCUT2D eigenvalue weighted by molar-refractivity contribution is 7.98. The van der Waals surface area contributed by atoms with Crippen LogP contribution in [0.25, 0.3) is 0 Å². The van der Waals surface area contributed by atoms with Crippen molar-refractivity contribution in [1.29, 1.82) is 0 Å². The number of nitrogens with two attached hydrogens (primary N) is 1. The van der Waals surface area contributed by atoms with E-state index >= 15 is 0 Å². The number of halogens is 2. The molecule has 2 aromatic rings. The summed E-state index contributed by atoms with van der Waals surface area (Å²) in [5, 5.41) is 0.729. The molecular formula is C14H13ClFNS. The van der Waals surface area contributed by atoms with Crippen LogP contribution in [0.3, 0.4) is 0 Å². The fourth-order valence-corrected chi connectivity index (χ4v) is 2.78. The van der Waals surface area contributed by atoms with Gasteiger partial charge in [0.15, 0.2) is 0 Å². The zero-order valence-corrected chi connectivity index (χ0v) is 11.3. The molecule has 2 N–H and O–H groups in total. The molecule has 94 valence electrons. The van der Waals surface area contributed by atoms with Crippen LogP contribution in [0.5, 0.6) is 0 Å². The summed E-state index contributed by atoms with van der Waals surface area (Å²) in [4.78, 5) is 1.02. The maximum absolute atomic E-state index is 12.8. The molecule has 0 heterocycles. The first-order chi connectivity index (χ1) is 8.69. The molecule has 18 heavy (non-hydrogen) atoms. The number of benzene rings is 2. The van der Waals surface area contributed by atoms with Crippen LogP contribution in [-0.2, 0) is 12.3 Å². The first-order valence-electron chi connectivity index (χ1n) is 5.55. The molecule has 1 nitrogen and oxygen atoms in total. The molecule has 0 saturated heterocycles. The summed E-state index contributed by atoms with van der Waals surface area (Å²) in [6.07, 6.45) is 0. The molecule has 0 radical (unpaired) electrons. The third kappa shape index (κ3) is 3.48. The molecule has 0 bridgehead atoms. The predicted octanol–water partition coefficient (Wildman–Crippen LogP) is 4.23. The van der Waals surface area contributed by atoms with Gasteiger partial charge in [-0.1, -0.05) is 23.7 Å². The standard InChI is InChI=1S/C14H13ClFNS/c15-14-7-10(8-17)1-2-11(14)9-18-13-5-3-12(16)4-6-13/h1-7H,8-9,17H2. The second-order valence-corrected chi connectivity index (χ2v) is 5.33. The molecule has 0 aliphatic heterocycles. The third-order valence-corrected chi connectivity index (χ3v) is 3.97. The van der Waals surface area contributed by atoms with Crippen molar-refractivity contribution >= 4 is 23.4 Å². The minimum Gasteiger partial charge on any atom is -0.326 e. The van der Waals surface area contributed by atoms with Gasteiger partial charge in [0.25, 0.3) is 0 Å².